The Morgan fingerprint density at radius 3 is 2.60 bits per heavy atom. The second-order valence-corrected chi connectivity index (χ2v) is 6.84. The largest absolute Gasteiger partial charge is 0.481 e. The van der Waals surface area contributed by atoms with Crippen molar-refractivity contribution in [1.82, 2.24) is 4.72 Å². The zero-order chi connectivity index (χ0) is 15.2. The second-order valence-electron chi connectivity index (χ2n) is 4.97. The number of hydrogen-bond donors (Lipinski definition) is 2. The Kier molecular flexibility index (Phi) is 6.16. The molecular weight excluding hydrogens is 278 g/mol. The third kappa shape index (κ3) is 6.16. The number of aliphatic carboxylic acids is 1. The van der Waals surface area contributed by atoms with Crippen molar-refractivity contribution in [3.8, 4) is 0 Å². The number of carboxylic acid groups (broad SMARTS) is 1. The molecule has 1 rings (SSSR count). The van der Waals surface area contributed by atoms with Crippen LogP contribution in [0, 0.1) is 6.92 Å². The van der Waals surface area contributed by atoms with E-state index in [1.54, 1.807) is 6.92 Å². The van der Waals surface area contributed by atoms with Crippen molar-refractivity contribution in [2.45, 2.75) is 39.2 Å². The summed E-state index contributed by atoms with van der Waals surface area (Å²) in [4.78, 5) is 10.4. The molecule has 0 amide bonds. The lowest BCUT2D eigenvalue weighted by Crippen LogP contribution is -2.36. The average Bonchev–Trinajstić information content (AvgIpc) is 2.30. The maximum absolute atomic E-state index is 11.8. The molecule has 1 aromatic carbocycles. The highest BCUT2D eigenvalue weighted by atomic mass is 32.2. The maximum Gasteiger partial charge on any atom is 0.303 e. The monoisotopic (exact) mass is 299 g/mol. The Morgan fingerprint density at radius 1 is 1.35 bits per heavy atom. The highest BCUT2D eigenvalue weighted by Crippen LogP contribution is 2.10. The zero-order valence-electron chi connectivity index (χ0n) is 11.8. The van der Waals surface area contributed by atoms with Gasteiger partial charge in [0.05, 0.1) is 5.75 Å². The smallest absolute Gasteiger partial charge is 0.303 e. The maximum atomic E-state index is 11.8. The van der Waals surface area contributed by atoms with Gasteiger partial charge < -0.3 is 5.11 Å². The fourth-order valence-corrected chi connectivity index (χ4v) is 3.33. The van der Waals surface area contributed by atoms with E-state index in [1.165, 1.54) is 0 Å². The molecule has 6 heteroatoms. The third-order valence-corrected chi connectivity index (χ3v) is 4.56. The van der Waals surface area contributed by atoms with Crippen LogP contribution in [-0.4, -0.2) is 31.3 Å². The molecule has 2 N–H and O–H groups in total. The molecule has 0 aliphatic rings. The van der Waals surface area contributed by atoms with Crippen LogP contribution in [-0.2, 0) is 21.2 Å². The Bertz CT molecular complexity index is 554. The number of benzene rings is 1. The molecule has 0 aliphatic carbocycles. The molecule has 0 heterocycles. The van der Waals surface area contributed by atoms with Crippen molar-refractivity contribution in [3.63, 3.8) is 0 Å². The zero-order valence-corrected chi connectivity index (χ0v) is 12.6. The molecule has 0 aromatic heterocycles. The third-order valence-electron chi connectivity index (χ3n) is 2.97. The minimum atomic E-state index is -3.42. The Balaban J connectivity index is 2.51. The SMILES string of the molecule is Cc1ccccc1CC(C)NS(=O)(=O)CCCC(=O)O. The Morgan fingerprint density at radius 2 is 2.00 bits per heavy atom. The summed E-state index contributed by atoms with van der Waals surface area (Å²) in [5, 5.41) is 8.50. The van der Waals surface area contributed by atoms with Crippen LogP contribution in [0.15, 0.2) is 24.3 Å². The van der Waals surface area contributed by atoms with E-state index in [4.69, 9.17) is 5.11 Å². The van der Waals surface area contributed by atoms with Gasteiger partial charge in [0.1, 0.15) is 0 Å². The van der Waals surface area contributed by atoms with Gasteiger partial charge in [-0.25, -0.2) is 13.1 Å². The van der Waals surface area contributed by atoms with Crippen molar-refractivity contribution in [3.05, 3.63) is 35.4 Å². The summed E-state index contributed by atoms with van der Waals surface area (Å²) in [6.07, 6.45) is 0.611. The van der Waals surface area contributed by atoms with Crippen LogP contribution in [0.25, 0.3) is 0 Å². The minimum absolute atomic E-state index is 0.127. The molecule has 5 nitrogen and oxygen atoms in total. The molecular formula is C14H21NO4S. The molecule has 1 aromatic rings. The molecule has 112 valence electrons. The molecule has 0 radical (unpaired) electrons. The first-order valence-corrected chi connectivity index (χ1v) is 8.21. The normalized spacial score (nSPS) is 13.1. The number of nitrogens with one attached hydrogen (secondary N) is 1. The van der Waals surface area contributed by atoms with Gasteiger partial charge in [0, 0.05) is 12.5 Å². The van der Waals surface area contributed by atoms with Crippen molar-refractivity contribution in [2.75, 3.05) is 5.75 Å². The highest BCUT2D eigenvalue weighted by molar-refractivity contribution is 7.89. The van der Waals surface area contributed by atoms with E-state index in [-0.39, 0.29) is 24.6 Å². The lowest BCUT2D eigenvalue weighted by atomic mass is 10.0. The van der Waals surface area contributed by atoms with Gasteiger partial charge in [0.25, 0.3) is 0 Å². The van der Waals surface area contributed by atoms with Crippen LogP contribution in [0.3, 0.4) is 0 Å². The molecule has 1 atom stereocenters. The number of carboxylic acids is 1. The predicted octanol–water partition coefficient (Wildman–Crippen LogP) is 1.71. The van der Waals surface area contributed by atoms with E-state index in [9.17, 15) is 13.2 Å². The Labute approximate surface area is 120 Å². The van der Waals surface area contributed by atoms with Gasteiger partial charge in [-0.2, -0.15) is 0 Å². The van der Waals surface area contributed by atoms with E-state index in [1.807, 2.05) is 31.2 Å². The van der Waals surface area contributed by atoms with Crippen LogP contribution in [0.4, 0.5) is 0 Å². The minimum Gasteiger partial charge on any atom is -0.481 e. The summed E-state index contributed by atoms with van der Waals surface area (Å²) < 4.78 is 26.2. The van der Waals surface area contributed by atoms with E-state index >= 15 is 0 Å². The van der Waals surface area contributed by atoms with Crippen LogP contribution in [0.2, 0.25) is 0 Å². The number of aryl methyl sites for hydroxylation is 1. The number of rotatable bonds is 8. The van der Waals surface area contributed by atoms with Gasteiger partial charge in [-0.3, -0.25) is 4.79 Å². The fraction of sp³-hybridized carbons (Fsp3) is 0.500. The van der Waals surface area contributed by atoms with Crippen LogP contribution in [0.1, 0.15) is 30.9 Å². The van der Waals surface area contributed by atoms with E-state index in [0.717, 1.165) is 11.1 Å². The second kappa shape index (κ2) is 7.40. The number of carbonyl (C=O) groups is 1. The summed E-state index contributed by atoms with van der Waals surface area (Å²) in [6, 6.07) is 7.62. The number of hydrogen-bond acceptors (Lipinski definition) is 3. The summed E-state index contributed by atoms with van der Waals surface area (Å²) >= 11 is 0. The average molecular weight is 299 g/mol. The fourth-order valence-electron chi connectivity index (χ4n) is 1.99. The van der Waals surface area contributed by atoms with E-state index in [0.29, 0.717) is 6.42 Å². The molecule has 20 heavy (non-hydrogen) atoms. The summed E-state index contributed by atoms with van der Waals surface area (Å²) in [5.74, 6) is -1.13. The molecule has 0 saturated heterocycles. The van der Waals surface area contributed by atoms with Gasteiger partial charge in [-0.1, -0.05) is 24.3 Å². The van der Waals surface area contributed by atoms with Crippen molar-refractivity contribution < 1.29 is 18.3 Å². The quantitative estimate of drug-likeness (QED) is 0.765. The van der Waals surface area contributed by atoms with Gasteiger partial charge in [-0.05, 0) is 37.8 Å². The van der Waals surface area contributed by atoms with Gasteiger partial charge in [0.2, 0.25) is 10.0 Å². The van der Waals surface area contributed by atoms with Crippen LogP contribution >= 0.6 is 0 Å². The van der Waals surface area contributed by atoms with Gasteiger partial charge >= 0.3 is 5.97 Å². The molecule has 0 fully saturated rings. The van der Waals surface area contributed by atoms with E-state index < -0.39 is 16.0 Å². The first kappa shape index (κ1) is 16.7. The van der Waals surface area contributed by atoms with Gasteiger partial charge in [0.15, 0.2) is 0 Å². The lowest BCUT2D eigenvalue weighted by molar-refractivity contribution is -0.137. The first-order valence-electron chi connectivity index (χ1n) is 6.56. The number of sulfonamides is 1. The topological polar surface area (TPSA) is 83.5 Å². The van der Waals surface area contributed by atoms with Crippen molar-refractivity contribution >= 4 is 16.0 Å². The van der Waals surface area contributed by atoms with Crippen LogP contribution in [0.5, 0.6) is 0 Å². The molecule has 1 unspecified atom stereocenters. The van der Waals surface area contributed by atoms with Gasteiger partial charge in [-0.15, -0.1) is 0 Å². The highest BCUT2D eigenvalue weighted by Gasteiger charge is 2.15. The summed E-state index contributed by atoms with van der Waals surface area (Å²) in [7, 11) is -3.42. The van der Waals surface area contributed by atoms with Crippen molar-refractivity contribution in [2.24, 2.45) is 0 Å². The Hall–Kier alpha value is -1.40. The lowest BCUT2D eigenvalue weighted by Gasteiger charge is -2.15. The van der Waals surface area contributed by atoms with Crippen LogP contribution < -0.4 is 4.72 Å². The molecule has 0 saturated carbocycles. The summed E-state index contributed by atoms with van der Waals surface area (Å²) in [5.41, 5.74) is 2.23. The molecule has 0 aliphatic heterocycles. The van der Waals surface area contributed by atoms with E-state index in [2.05, 4.69) is 4.72 Å². The standard InChI is InChI=1S/C14H21NO4S/c1-11-6-3-4-7-13(11)10-12(2)15-20(18,19)9-5-8-14(16)17/h3-4,6-7,12,15H,5,8-10H2,1-2H3,(H,16,17). The first-order chi connectivity index (χ1) is 9.30. The molecule has 0 spiro atoms. The van der Waals surface area contributed by atoms with Crippen molar-refractivity contribution in [1.29, 1.82) is 0 Å². The predicted molar refractivity (Wildman–Crippen MR) is 78.1 cm³/mol. The summed E-state index contributed by atoms with van der Waals surface area (Å²) in [6.45, 7) is 3.80. The molecule has 0 bridgehead atoms.